The highest BCUT2D eigenvalue weighted by Crippen LogP contribution is 2.37. The summed E-state index contributed by atoms with van der Waals surface area (Å²) in [6, 6.07) is 9.79. The summed E-state index contributed by atoms with van der Waals surface area (Å²) >= 11 is 0. The minimum atomic E-state index is -0.657. The van der Waals surface area contributed by atoms with Gasteiger partial charge in [-0.15, -0.1) is 0 Å². The molecule has 6 heteroatoms. The molecule has 2 fully saturated rings. The van der Waals surface area contributed by atoms with Gasteiger partial charge in [-0.05, 0) is 62.3 Å². The first-order valence-corrected chi connectivity index (χ1v) is 9.66. The second-order valence-corrected chi connectivity index (χ2v) is 8.12. The van der Waals surface area contributed by atoms with Crippen LogP contribution in [0, 0.1) is 25.7 Å². The van der Waals surface area contributed by atoms with Crippen molar-refractivity contribution < 1.29 is 15.0 Å². The van der Waals surface area contributed by atoms with Crippen LogP contribution in [0.3, 0.4) is 0 Å². The Morgan fingerprint density at radius 1 is 1.07 bits per heavy atom. The Morgan fingerprint density at radius 2 is 1.67 bits per heavy atom. The molecule has 0 unspecified atom stereocenters. The van der Waals surface area contributed by atoms with Crippen molar-refractivity contribution in [2.24, 2.45) is 11.8 Å². The molecule has 2 aromatic rings. The molecule has 1 amide bonds. The molecular weight excluding hydrogens is 342 g/mol. The zero-order valence-corrected chi connectivity index (χ0v) is 15.9. The van der Waals surface area contributed by atoms with Crippen LogP contribution in [0.15, 0.2) is 30.3 Å². The van der Waals surface area contributed by atoms with Crippen LogP contribution >= 0.6 is 0 Å². The summed E-state index contributed by atoms with van der Waals surface area (Å²) in [5.74, 6) is 0.612. The van der Waals surface area contributed by atoms with Gasteiger partial charge in [-0.3, -0.25) is 9.48 Å². The number of rotatable bonds is 3. The molecule has 1 aromatic heterocycles. The number of aliphatic hydroxyl groups is 2. The zero-order chi connectivity index (χ0) is 19.1. The summed E-state index contributed by atoms with van der Waals surface area (Å²) < 4.78 is 1.97. The molecule has 2 aliphatic rings. The van der Waals surface area contributed by atoms with Crippen molar-refractivity contribution in [2.75, 3.05) is 13.1 Å². The molecule has 1 saturated heterocycles. The standard InChI is InChI=1S/C21H27N3O3/c1-13-7-14(2)24(22-13)10-15-3-5-16(6-4-15)21(27)23-11-17-8-19(25)20(26)9-18(17)12-23/h3-7,17-20,25-26H,8-12H2,1-2H3/t17-,18+,19-,20-/m0/s1. The van der Waals surface area contributed by atoms with E-state index in [1.165, 1.54) is 0 Å². The summed E-state index contributed by atoms with van der Waals surface area (Å²) in [5, 5.41) is 24.2. The number of aromatic nitrogens is 2. The largest absolute Gasteiger partial charge is 0.390 e. The lowest BCUT2D eigenvalue weighted by Crippen LogP contribution is -2.38. The molecule has 27 heavy (non-hydrogen) atoms. The number of hydrogen-bond donors (Lipinski definition) is 2. The number of fused-ring (bicyclic) bond motifs is 1. The SMILES string of the molecule is Cc1cc(C)n(Cc2ccc(C(=O)N3C[C@H]4C[C@H](O)[C@@H](O)C[C@H]4C3)cc2)n1. The van der Waals surface area contributed by atoms with E-state index in [2.05, 4.69) is 11.2 Å². The number of carbonyl (C=O) groups is 1. The van der Waals surface area contributed by atoms with Gasteiger partial charge in [-0.2, -0.15) is 5.10 Å². The topological polar surface area (TPSA) is 78.6 Å². The second-order valence-electron chi connectivity index (χ2n) is 8.12. The highest BCUT2D eigenvalue weighted by atomic mass is 16.3. The predicted molar refractivity (Wildman–Crippen MR) is 101 cm³/mol. The average molecular weight is 369 g/mol. The lowest BCUT2D eigenvalue weighted by Gasteiger charge is -2.31. The van der Waals surface area contributed by atoms with Crippen molar-refractivity contribution in [3.63, 3.8) is 0 Å². The summed E-state index contributed by atoms with van der Waals surface area (Å²) in [4.78, 5) is 14.7. The first kappa shape index (κ1) is 18.2. The zero-order valence-electron chi connectivity index (χ0n) is 15.9. The number of aryl methyl sites for hydroxylation is 2. The highest BCUT2D eigenvalue weighted by Gasteiger charge is 2.42. The molecule has 6 nitrogen and oxygen atoms in total. The van der Waals surface area contributed by atoms with Gasteiger partial charge in [0.05, 0.1) is 24.4 Å². The fourth-order valence-corrected chi connectivity index (χ4v) is 4.52. The molecule has 1 aliphatic heterocycles. The fraction of sp³-hybridized carbons (Fsp3) is 0.524. The summed E-state index contributed by atoms with van der Waals surface area (Å²) in [6.45, 7) is 6.05. The van der Waals surface area contributed by atoms with E-state index in [0.717, 1.165) is 17.0 Å². The number of carbonyl (C=O) groups excluding carboxylic acids is 1. The lowest BCUT2D eigenvalue weighted by atomic mass is 9.79. The van der Waals surface area contributed by atoms with Gasteiger partial charge < -0.3 is 15.1 Å². The summed E-state index contributed by atoms with van der Waals surface area (Å²) in [5.41, 5.74) is 3.92. The van der Waals surface area contributed by atoms with Crippen LogP contribution in [0.1, 0.15) is 40.2 Å². The average Bonchev–Trinajstić information content (AvgIpc) is 3.18. The Hall–Kier alpha value is -2.18. The smallest absolute Gasteiger partial charge is 0.253 e. The van der Waals surface area contributed by atoms with Crippen LogP contribution in [0.5, 0.6) is 0 Å². The number of benzene rings is 1. The minimum Gasteiger partial charge on any atom is -0.390 e. The van der Waals surface area contributed by atoms with Gasteiger partial charge in [0, 0.05) is 24.3 Å². The molecule has 1 saturated carbocycles. The Bertz CT molecular complexity index is 812. The van der Waals surface area contributed by atoms with Crippen LogP contribution in [-0.4, -0.2) is 56.1 Å². The van der Waals surface area contributed by atoms with Crippen molar-refractivity contribution in [1.82, 2.24) is 14.7 Å². The molecule has 2 N–H and O–H groups in total. The predicted octanol–water partition coefficient (Wildman–Crippen LogP) is 1.75. The third kappa shape index (κ3) is 3.64. The van der Waals surface area contributed by atoms with Crippen LogP contribution in [0.25, 0.3) is 0 Å². The molecule has 1 aromatic carbocycles. The summed E-state index contributed by atoms with van der Waals surface area (Å²) in [7, 11) is 0. The number of likely N-dealkylation sites (tertiary alicyclic amines) is 1. The maximum atomic E-state index is 12.9. The number of nitrogens with zero attached hydrogens (tertiary/aromatic N) is 3. The molecule has 2 heterocycles. The van der Waals surface area contributed by atoms with E-state index in [0.29, 0.717) is 38.0 Å². The molecule has 0 spiro atoms. The van der Waals surface area contributed by atoms with Gasteiger partial charge in [0.1, 0.15) is 0 Å². The van der Waals surface area contributed by atoms with Crippen molar-refractivity contribution in [2.45, 2.75) is 45.4 Å². The van der Waals surface area contributed by atoms with E-state index in [9.17, 15) is 15.0 Å². The van der Waals surface area contributed by atoms with E-state index in [1.807, 2.05) is 47.7 Å². The number of aliphatic hydroxyl groups excluding tert-OH is 2. The second kappa shape index (κ2) is 7.09. The van der Waals surface area contributed by atoms with Crippen molar-refractivity contribution in [3.05, 3.63) is 52.8 Å². The van der Waals surface area contributed by atoms with Gasteiger partial charge in [-0.25, -0.2) is 0 Å². The summed E-state index contributed by atoms with van der Waals surface area (Å²) in [6.07, 6.45) is -0.154. The third-order valence-electron chi connectivity index (χ3n) is 6.03. The maximum Gasteiger partial charge on any atom is 0.253 e. The number of hydrogen-bond acceptors (Lipinski definition) is 4. The molecule has 0 bridgehead atoms. The van der Waals surface area contributed by atoms with E-state index in [4.69, 9.17) is 0 Å². The van der Waals surface area contributed by atoms with Gasteiger partial charge >= 0.3 is 0 Å². The molecule has 4 rings (SSSR count). The van der Waals surface area contributed by atoms with Gasteiger partial charge in [-0.1, -0.05) is 12.1 Å². The van der Waals surface area contributed by atoms with E-state index < -0.39 is 12.2 Å². The minimum absolute atomic E-state index is 0.0334. The van der Waals surface area contributed by atoms with Gasteiger partial charge in [0.25, 0.3) is 5.91 Å². The Kier molecular flexibility index (Phi) is 4.78. The quantitative estimate of drug-likeness (QED) is 0.864. The van der Waals surface area contributed by atoms with Crippen LogP contribution in [0.4, 0.5) is 0 Å². The van der Waals surface area contributed by atoms with E-state index in [-0.39, 0.29) is 17.7 Å². The van der Waals surface area contributed by atoms with Crippen molar-refractivity contribution in [1.29, 1.82) is 0 Å². The van der Waals surface area contributed by atoms with Gasteiger partial charge in [0.2, 0.25) is 0 Å². The first-order valence-electron chi connectivity index (χ1n) is 9.66. The fourth-order valence-electron chi connectivity index (χ4n) is 4.52. The van der Waals surface area contributed by atoms with E-state index in [1.54, 1.807) is 0 Å². The van der Waals surface area contributed by atoms with Gasteiger partial charge in [0.15, 0.2) is 0 Å². The van der Waals surface area contributed by atoms with Crippen molar-refractivity contribution in [3.8, 4) is 0 Å². The molecule has 1 aliphatic carbocycles. The Balaban J connectivity index is 1.42. The molecule has 0 radical (unpaired) electrons. The third-order valence-corrected chi connectivity index (χ3v) is 6.03. The molecule has 4 atom stereocenters. The normalized spacial score (nSPS) is 27.6. The Morgan fingerprint density at radius 3 is 2.19 bits per heavy atom. The highest BCUT2D eigenvalue weighted by molar-refractivity contribution is 5.94. The van der Waals surface area contributed by atoms with Crippen LogP contribution in [0.2, 0.25) is 0 Å². The van der Waals surface area contributed by atoms with Crippen LogP contribution < -0.4 is 0 Å². The lowest BCUT2D eigenvalue weighted by molar-refractivity contribution is -0.0372. The maximum absolute atomic E-state index is 12.9. The van der Waals surface area contributed by atoms with Crippen LogP contribution in [-0.2, 0) is 6.54 Å². The molecule has 144 valence electrons. The molecular formula is C21H27N3O3. The first-order chi connectivity index (χ1) is 12.9. The van der Waals surface area contributed by atoms with E-state index >= 15 is 0 Å². The van der Waals surface area contributed by atoms with Crippen molar-refractivity contribution >= 4 is 5.91 Å². The monoisotopic (exact) mass is 369 g/mol. The Labute approximate surface area is 159 Å². The number of amides is 1.